The van der Waals surface area contributed by atoms with Crippen LogP contribution in [0.1, 0.15) is 44.4 Å². The summed E-state index contributed by atoms with van der Waals surface area (Å²) in [5, 5.41) is 10.0. The minimum absolute atomic E-state index is 0.157. The number of para-hydroxylation sites is 1. The van der Waals surface area contributed by atoms with Crippen molar-refractivity contribution in [3.8, 4) is 11.5 Å². The van der Waals surface area contributed by atoms with Gasteiger partial charge in [-0.15, -0.1) is 0 Å². The third-order valence-corrected chi connectivity index (χ3v) is 6.03. The molecule has 5 heteroatoms. The van der Waals surface area contributed by atoms with E-state index < -0.39 is 11.7 Å². The lowest BCUT2D eigenvalue weighted by molar-refractivity contribution is -0.0335. The second kappa shape index (κ2) is 14.5. The van der Waals surface area contributed by atoms with E-state index in [-0.39, 0.29) is 6.61 Å². The maximum Gasteiger partial charge on any atom is 0.167 e. The Labute approximate surface area is 211 Å². The number of rotatable bonds is 11. The van der Waals surface area contributed by atoms with E-state index in [2.05, 4.69) is 25.7 Å². The summed E-state index contributed by atoms with van der Waals surface area (Å²) in [4.78, 5) is 2.38. The molecule has 0 aliphatic heterocycles. The van der Waals surface area contributed by atoms with Crippen molar-refractivity contribution >= 4 is 0 Å². The van der Waals surface area contributed by atoms with Crippen LogP contribution in [0.15, 0.2) is 78.9 Å². The Morgan fingerprint density at radius 2 is 1.26 bits per heavy atom. The van der Waals surface area contributed by atoms with Gasteiger partial charge in [-0.25, -0.2) is 0 Å². The highest BCUT2D eigenvalue weighted by Gasteiger charge is 2.41. The van der Waals surface area contributed by atoms with E-state index in [4.69, 9.17) is 14.2 Å². The summed E-state index contributed by atoms with van der Waals surface area (Å²) < 4.78 is 17.8. The highest BCUT2D eigenvalue weighted by molar-refractivity contribution is 5.57. The Hall–Kier alpha value is -2.86. The SMILES string of the molecule is CCN(CC)CC.COc1cccc(C(OCC(C)O)(c2ccccc2)c2ccccc2)c1OC. The Morgan fingerprint density at radius 1 is 0.743 bits per heavy atom. The summed E-state index contributed by atoms with van der Waals surface area (Å²) in [7, 11) is 3.24. The fourth-order valence-corrected chi connectivity index (χ4v) is 4.15. The molecule has 0 aliphatic carbocycles. The molecule has 3 rings (SSSR count). The minimum Gasteiger partial charge on any atom is -0.493 e. The van der Waals surface area contributed by atoms with E-state index in [9.17, 15) is 5.11 Å². The molecule has 35 heavy (non-hydrogen) atoms. The molecular weight excluding hydrogens is 438 g/mol. The third kappa shape index (κ3) is 7.07. The van der Waals surface area contributed by atoms with Gasteiger partial charge in [0, 0.05) is 5.56 Å². The molecule has 0 aromatic heterocycles. The van der Waals surface area contributed by atoms with Crippen molar-refractivity contribution in [3.05, 3.63) is 95.6 Å². The van der Waals surface area contributed by atoms with E-state index >= 15 is 0 Å². The largest absolute Gasteiger partial charge is 0.493 e. The molecule has 1 atom stereocenters. The molecule has 0 amide bonds. The molecule has 1 unspecified atom stereocenters. The first kappa shape index (κ1) is 28.4. The zero-order valence-electron chi connectivity index (χ0n) is 22.0. The van der Waals surface area contributed by atoms with Crippen LogP contribution in [0.3, 0.4) is 0 Å². The van der Waals surface area contributed by atoms with Crippen molar-refractivity contribution in [2.75, 3.05) is 40.5 Å². The van der Waals surface area contributed by atoms with Crippen LogP contribution in [0, 0.1) is 0 Å². The van der Waals surface area contributed by atoms with Gasteiger partial charge in [-0.1, -0.05) is 93.6 Å². The number of ether oxygens (including phenoxy) is 3. The standard InChI is InChI=1S/C24H26O4.C6H15N/c1-18(25)17-28-24(19-11-6-4-7-12-19,20-13-8-5-9-14-20)21-15-10-16-22(26-2)23(21)27-3;1-4-7(5-2)6-3/h4-16,18,25H,17H2,1-3H3;4-6H2,1-3H3. The lowest BCUT2D eigenvalue weighted by atomic mass is 9.79. The number of benzene rings is 3. The van der Waals surface area contributed by atoms with Crippen LogP contribution in [-0.2, 0) is 10.3 Å². The Morgan fingerprint density at radius 3 is 1.63 bits per heavy atom. The van der Waals surface area contributed by atoms with Gasteiger partial charge in [0.25, 0.3) is 0 Å². The van der Waals surface area contributed by atoms with Gasteiger partial charge in [-0.05, 0) is 43.8 Å². The van der Waals surface area contributed by atoms with Crippen LogP contribution in [0.2, 0.25) is 0 Å². The topological polar surface area (TPSA) is 51.2 Å². The number of aliphatic hydroxyl groups excluding tert-OH is 1. The van der Waals surface area contributed by atoms with E-state index in [0.29, 0.717) is 11.5 Å². The normalized spacial score (nSPS) is 12.0. The molecule has 0 bridgehead atoms. The van der Waals surface area contributed by atoms with Crippen molar-refractivity contribution in [1.82, 2.24) is 4.90 Å². The van der Waals surface area contributed by atoms with E-state index in [1.54, 1.807) is 21.1 Å². The predicted octanol–water partition coefficient (Wildman–Crippen LogP) is 5.74. The Bertz CT molecular complexity index is 927. The molecule has 190 valence electrons. The van der Waals surface area contributed by atoms with Crippen LogP contribution >= 0.6 is 0 Å². The van der Waals surface area contributed by atoms with E-state index in [1.807, 2.05) is 78.9 Å². The molecule has 0 fully saturated rings. The number of nitrogens with zero attached hydrogens (tertiary/aromatic N) is 1. The number of methoxy groups -OCH3 is 2. The molecule has 0 saturated carbocycles. The van der Waals surface area contributed by atoms with Crippen LogP contribution in [0.5, 0.6) is 11.5 Å². The highest BCUT2D eigenvalue weighted by Crippen LogP contribution is 2.47. The first-order valence-corrected chi connectivity index (χ1v) is 12.3. The summed E-state index contributed by atoms with van der Waals surface area (Å²) in [6.07, 6.45) is -0.622. The molecular formula is C30H41NO4. The number of hydrogen-bond donors (Lipinski definition) is 1. The summed E-state index contributed by atoms with van der Waals surface area (Å²) in [6, 6.07) is 25.7. The highest BCUT2D eigenvalue weighted by atomic mass is 16.5. The Balaban J connectivity index is 0.000000540. The van der Waals surface area contributed by atoms with Crippen molar-refractivity contribution in [1.29, 1.82) is 0 Å². The fourth-order valence-electron chi connectivity index (χ4n) is 4.15. The predicted molar refractivity (Wildman–Crippen MR) is 143 cm³/mol. The summed E-state index contributed by atoms with van der Waals surface area (Å²) in [5.41, 5.74) is 1.72. The lowest BCUT2D eigenvalue weighted by Gasteiger charge is -2.37. The van der Waals surface area contributed by atoms with Gasteiger partial charge in [0.05, 0.1) is 26.9 Å². The van der Waals surface area contributed by atoms with Gasteiger partial charge in [0.2, 0.25) is 0 Å². The zero-order chi connectivity index (χ0) is 25.7. The molecule has 3 aromatic rings. The summed E-state index contributed by atoms with van der Waals surface area (Å²) in [5.74, 6) is 1.22. The quantitative estimate of drug-likeness (QED) is 0.355. The molecule has 0 heterocycles. The molecule has 0 spiro atoms. The van der Waals surface area contributed by atoms with Crippen molar-refractivity contribution in [2.24, 2.45) is 0 Å². The maximum absolute atomic E-state index is 10.0. The minimum atomic E-state index is -0.973. The maximum atomic E-state index is 10.0. The van der Waals surface area contributed by atoms with Crippen LogP contribution in [0.25, 0.3) is 0 Å². The van der Waals surface area contributed by atoms with E-state index in [0.717, 1.165) is 16.7 Å². The van der Waals surface area contributed by atoms with Crippen molar-refractivity contribution in [3.63, 3.8) is 0 Å². The first-order valence-electron chi connectivity index (χ1n) is 12.3. The zero-order valence-corrected chi connectivity index (χ0v) is 22.0. The average Bonchev–Trinajstić information content (AvgIpc) is 2.91. The number of aliphatic hydroxyl groups is 1. The molecule has 1 N–H and O–H groups in total. The van der Waals surface area contributed by atoms with Gasteiger partial charge in [0.1, 0.15) is 5.60 Å². The first-order chi connectivity index (χ1) is 17.0. The number of hydrogen-bond acceptors (Lipinski definition) is 5. The molecule has 3 aromatic carbocycles. The monoisotopic (exact) mass is 479 g/mol. The lowest BCUT2D eigenvalue weighted by Crippen LogP contribution is -2.35. The smallest absolute Gasteiger partial charge is 0.167 e. The fraction of sp³-hybridized carbons (Fsp3) is 0.400. The molecule has 0 aliphatic rings. The van der Waals surface area contributed by atoms with Gasteiger partial charge in [0.15, 0.2) is 11.5 Å². The van der Waals surface area contributed by atoms with Gasteiger partial charge in [-0.3, -0.25) is 0 Å². The second-order valence-corrected chi connectivity index (χ2v) is 8.23. The van der Waals surface area contributed by atoms with Crippen LogP contribution in [0.4, 0.5) is 0 Å². The van der Waals surface area contributed by atoms with Crippen LogP contribution in [-0.4, -0.2) is 56.6 Å². The second-order valence-electron chi connectivity index (χ2n) is 8.23. The van der Waals surface area contributed by atoms with Crippen LogP contribution < -0.4 is 9.47 Å². The average molecular weight is 480 g/mol. The molecule has 5 nitrogen and oxygen atoms in total. The van der Waals surface area contributed by atoms with Gasteiger partial charge >= 0.3 is 0 Å². The summed E-state index contributed by atoms with van der Waals surface area (Å²) in [6.45, 7) is 12.0. The van der Waals surface area contributed by atoms with Gasteiger partial charge in [-0.2, -0.15) is 0 Å². The third-order valence-electron chi connectivity index (χ3n) is 6.03. The van der Waals surface area contributed by atoms with E-state index in [1.165, 1.54) is 19.6 Å². The Kier molecular flexibility index (Phi) is 11.8. The van der Waals surface area contributed by atoms with Crippen molar-refractivity contribution in [2.45, 2.75) is 39.4 Å². The van der Waals surface area contributed by atoms with Crippen molar-refractivity contribution < 1.29 is 19.3 Å². The molecule has 0 saturated heterocycles. The summed E-state index contributed by atoms with van der Waals surface area (Å²) >= 11 is 0. The van der Waals surface area contributed by atoms with Gasteiger partial charge < -0.3 is 24.2 Å². The molecule has 0 radical (unpaired) electrons.